The predicted octanol–water partition coefficient (Wildman–Crippen LogP) is 1.34. The van der Waals surface area contributed by atoms with Gasteiger partial charge >= 0.3 is 5.97 Å². The molecule has 0 spiro atoms. The van der Waals surface area contributed by atoms with E-state index in [9.17, 15) is 14.4 Å². The van der Waals surface area contributed by atoms with E-state index in [4.69, 9.17) is 4.42 Å². The monoisotopic (exact) mass is 322 g/mol. The quantitative estimate of drug-likeness (QED) is 0.631. The van der Waals surface area contributed by atoms with Crippen LogP contribution in [-0.2, 0) is 14.3 Å². The van der Waals surface area contributed by atoms with Crippen molar-refractivity contribution in [3.05, 3.63) is 24.2 Å². The molecule has 0 saturated carbocycles. The number of ether oxygens (including phenoxy) is 1. The number of carbonyl (C=O) groups is 3. The molecular formula is C16H22N2O5. The summed E-state index contributed by atoms with van der Waals surface area (Å²) >= 11 is 0. The molecule has 1 aromatic rings. The van der Waals surface area contributed by atoms with Gasteiger partial charge in [-0.3, -0.25) is 14.4 Å². The van der Waals surface area contributed by atoms with Crippen LogP contribution in [0, 0.1) is 0 Å². The minimum absolute atomic E-state index is 0.186. The van der Waals surface area contributed by atoms with E-state index in [2.05, 4.69) is 10.1 Å². The minimum Gasteiger partial charge on any atom is -0.469 e. The van der Waals surface area contributed by atoms with E-state index >= 15 is 0 Å². The first-order valence-corrected chi connectivity index (χ1v) is 7.82. The number of carbonyl (C=O) groups excluding carboxylic acids is 3. The summed E-state index contributed by atoms with van der Waals surface area (Å²) in [5, 5.41) is 2.79. The number of esters is 1. The average molecular weight is 322 g/mol. The van der Waals surface area contributed by atoms with Crippen LogP contribution in [0.4, 0.5) is 0 Å². The summed E-state index contributed by atoms with van der Waals surface area (Å²) in [5.41, 5.74) is 0. The molecule has 0 aromatic carbocycles. The van der Waals surface area contributed by atoms with Crippen LogP contribution in [0.25, 0.3) is 0 Å². The molecular weight excluding hydrogens is 300 g/mol. The average Bonchev–Trinajstić information content (AvgIpc) is 3.12. The number of hydrogen-bond donors (Lipinski definition) is 1. The summed E-state index contributed by atoms with van der Waals surface area (Å²) in [6.45, 7) is 0.924. The summed E-state index contributed by atoms with van der Waals surface area (Å²) in [7, 11) is 1.33. The Morgan fingerprint density at radius 1 is 1.39 bits per heavy atom. The first kappa shape index (κ1) is 17.1. The number of likely N-dealkylation sites (tertiary alicyclic amines) is 1. The number of rotatable bonds is 6. The first-order valence-electron chi connectivity index (χ1n) is 7.82. The lowest BCUT2D eigenvalue weighted by atomic mass is 10.0. The van der Waals surface area contributed by atoms with E-state index in [0.29, 0.717) is 25.9 Å². The van der Waals surface area contributed by atoms with Crippen LogP contribution in [-0.4, -0.2) is 48.9 Å². The molecule has 1 aliphatic rings. The standard InChI is InChI=1S/C16H22N2O5/c1-22-14(19)8-4-9-17-15(20)12-6-2-3-10-18(12)16(21)13-7-5-11-23-13/h5,7,11-12H,2-4,6,8-10H2,1H3,(H,17,20). The van der Waals surface area contributed by atoms with E-state index in [1.165, 1.54) is 13.4 Å². The number of furan rings is 1. The Morgan fingerprint density at radius 3 is 2.91 bits per heavy atom. The maximum Gasteiger partial charge on any atom is 0.305 e. The van der Waals surface area contributed by atoms with E-state index < -0.39 is 6.04 Å². The summed E-state index contributed by atoms with van der Waals surface area (Å²) in [5.74, 6) is -0.499. The molecule has 0 radical (unpaired) electrons. The van der Waals surface area contributed by atoms with Crippen LogP contribution in [0.15, 0.2) is 22.8 Å². The smallest absolute Gasteiger partial charge is 0.305 e. The summed E-state index contributed by atoms with van der Waals surface area (Å²) in [4.78, 5) is 37.4. The number of nitrogens with one attached hydrogen (secondary N) is 1. The summed E-state index contributed by atoms with van der Waals surface area (Å²) < 4.78 is 9.69. The molecule has 0 bridgehead atoms. The molecule has 1 N–H and O–H groups in total. The maximum absolute atomic E-state index is 12.4. The Morgan fingerprint density at radius 2 is 2.22 bits per heavy atom. The highest BCUT2D eigenvalue weighted by atomic mass is 16.5. The zero-order valence-corrected chi connectivity index (χ0v) is 13.2. The molecule has 126 valence electrons. The zero-order valence-electron chi connectivity index (χ0n) is 13.2. The van der Waals surface area contributed by atoms with Crippen molar-refractivity contribution in [1.82, 2.24) is 10.2 Å². The van der Waals surface area contributed by atoms with E-state index in [1.807, 2.05) is 0 Å². The molecule has 1 aliphatic heterocycles. The van der Waals surface area contributed by atoms with Crippen molar-refractivity contribution in [1.29, 1.82) is 0 Å². The molecule has 1 aromatic heterocycles. The molecule has 1 fully saturated rings. The number of hydrogen-bond acceptors (Lipinski definition) is 5. The van der Waals surface area contributed by atoms with Crippen molar-refractivity contribution in [3.8, 4) is 0 Å². The van der Waals surface area contributed by atoms with Gasteiger partial charge in [0.1, 0.15) is 6.04 Å². The molecule has 0 aliphatic carbocycles. The molecule has 7 heteroatoms. The second-order valence-electron chi connectivity index (χ2n) is 5.46. The van der Waals surface area contributed by atoms with Gasteiger partial charge in [-0.05, 0) is 37.8 Å². The van der Waals surface area contributed by atoms with Gasteiger partial charge in [-0.1, -0.05) is 0 Å². The van der Waals surface area contributed by atoms with Gasteiger partial charge in [0, 0.05) is 19.5 Å². The number of amides is 2. The topological polar surface area (TPSA) is 88.9 Å². The normalized spacial score (nSPS) is 17.6. The molecule has 2 amide bonds. The molecule has 23 heavy (non-hydrogen) atoms. The highest BCUT2D eigenvalue weighted by molar-refractivity contribution is 5.95. The Hall–Kier alpha value is -2.31. The number of methoxy groups -OCH3 is 1. The maximum atomic E-state index is 12.4. The Balaban J connectivity index is 1.88. The van der Waals surface area contributed by atoms with Crippen LogP contribution in [0.5, 0.6) is 0 Å². The third-order valence-electron chi connectivity index (χ3n) is 3.88. The molecule has 2 heterocycles. The lowest BCUT2D eigenvalue weighted by Gasteiger charge is -2.34. The second-order valence-corrected chi connectivity index (χ2v) is 5.46. The largest absolute Gasteiger partial charge is 0.469 e. The van der Waals surface area contributed by atoms with Crippen molar-refractivity contribution in [2.24, 2.45) is 0 Å². The molecule has 1 saturated heterocycles. The summed E-state index contributed by atoms with van der Waals surface area (Å²) in [6, 6.07) is 2.76. The highest BCUT2D eigenvalue weighted by Crippen LogP contribution is 2.20. The van der Waals surface area contributed by atoms with Gasteiger partial charge in [-0.25, -0.2) is 0 Å². The van der Waals surface area contributed by atoms with Crippen LogP contribution >= 0.6 is 0 Å². The number of piperidine rings is 1. The molecule has 2 rings (SSSR count). The van der Waals surface area contributed by atoms with Crippen LogP contribution in [0.1, 0.15) is 42.7 Å². The van der Waals surface area contributed by atoms with Gasteiger partial charge in [-0.15, -0.1) is 0 Å². The molecule has 7 nitrogen and oxygen atoms in total. The van der Waals surface area contributed by atoms with Gasteiger partial charge < -0.3 is 19.4 Å². The lowest BCUT2D eigenvalue weighted by molar-refractivity contribution is -0.140. The van der Waals surface area contributed by atoms with Gasteiger partial charge in [0.05, 0.1) is 13.4 Å². The van der Waals surface area contributed by atoms with Crippen LogP contribution in [0.2, 0.25) is 0 Å². The number of nitrogens with zero attached hydrogens (tertiary/aromatic N) is 1. The van der Waals surface area contributed by atoms with E-state index in [0.717, 1.165) is 12.8 Å². The van der Waals surface area contributed by atoms with Gasteiger partial charge in [-0.2, -0.15) is 0 Å². The van der Waals surface area contributed by atoms with Crippen molar-refractivity contribution >= 4 is 17.8 Å². The van der Waals surface area contributed by atoms with Crippen molar-refractivity contribution in [2.45, 2.75) is 38.1 Å². The van der Waals surface area contributed by atoms with Crippen molar-refractivity contribution < 1.29 is 23.5 Å². The fraction of sp³-hybridized carbons (Fsp3) is 0.562. The minimum atomic E-state index is -0.487. The predicted molar refractivity (Wildman–Crippen MR) is 81.6 cm³/mol. The van der Waals surface area contributed by atoms with Crippen LogP contribution < -0.4 is 5.32 Å². The third kappa shape index (κ3) is 4.58. The Labute approximate surface area is 135 Å². The van der Waals surface area contributed by atoms with Crippen molar-refractivity contribution in [2.75, 3.05) is 20.2 Å². The van der Waals surface area contributed by atoms with E-state index in [1.54, 1.807) is 17.0 Å². The van der Waals surface area contributed by atoms with Gasteiger partial charge in [0.25, 0.3) is 5.91 Å². The highest BCUT2D eigenvalue weighted by Gasteiger charge is 2.33. The van der Waals surface area contributed by atoms with Gasteiger partial charge in [0.15, 0.2) is 5.76 Å². The second kappa shape index (κ2) is 8.36. The molecule has 1 unspecified atom stereocenters. The third-order valence-corrected chi connectivity index (χ3v) is 3.88. The first-order chi connectivity index (χ1) is 11.1. The molecule has 1 atom stereocenters. The lowest BCUT2D eigenvalue weighted by Crippen LogP contribution is -2.52. The Bertz CT molecular complexity index is 541. The summed E-state index contributed by atoms with van der Waals surface area (Å²) in [6.07, 6.45) is 4.63. The van der Waals surface area contributed by atoms with E-state index in [-0.39, 0.29) is 30.0 Å². The SMILES string of the molecule is COC(=O)CCCNC(=O)C1CCCCN1C(=O)c1ccco1. The zero-order chi connectivity index (χ0) is 16.7. The van der Waals surface area contributed by atoms with Crippen LogP contribution in [0.3, 0.4) is 0 Å². The van der Waals surface area contributed by atoms with Crippen molar-refractivity contribution in [3.63, 3.8) is 0 Å². The fourth-order valence-corrected chi connectivity index (χ4v) is 2.65. The Kier molecular flexibility index (Phi) is 6.19. The fourth-order valence-electron chi connectivity index (χ4n) is 2.65. The van der Waals surface area contributed by atoms with Gasteiger partial charge in [0.2, 0.25) is 5.91 Å².